The molecule has 0 aromatic heterocycles. The first-order chi connectivity index (χ1) is 15.6. The van der Waals surface area contributed by atoms with Crippen LogP contribution in [0.1, 0.15) is 11.1 Å². The van der Waals surface area contributed by atoms with Crippen molar-refractivity contribution in [2.45, 2.75) is 6.92 Å². The molecule has 0 spiro atoms. The Labute approximate surface area is 184 Å². The first kappa shape index (κ1) is 19.7. The van der Waals surface area contributed by atoms with Crippen molar-refractivity contribution < 1.29 is 23.8 Å². The third kappa shape index (κ3) is 3.24. The molecule has 32 heavy (non-hydrogen) atoms. The van der Waals surface area contributed by atoms with Gasteiger partial charge in [-0.1, -0.05) is 30.3 Å². The molecule has 2 aliphatic heterocycles. The van der Waals surface area contributed by atoms with Crippen LogP contribution in [0.4, 0.5) is 11.4 Å². The van der Waals surface area contributed by atoms with Crippen molar-refractivity contribution in [3.8, 4) is 17.2 Å². The van der Waals surface area contributed by atoms with Gasteiger partial charge in [-0.2, -0.15) is 0 Å². The maximum atomic E-state index is 13.5. The Kier molecular flexibility index (Phi) is 4.78. The zero-order valence-electron chi connectivity index (χ0n) is 17.5. The van der Waals surface area contributed by atoms with Crippen LogP contribution < -0.4 is 24.4 Å². The minimum absolute atomic E-state index is 0.150. The number of anilines is 2. The van der Waals surface area contributed by atoms with Gasteiger partial charge in [0.05, 0.1) is 18.4 Å². The fraction of sp³-hybridized carbons (Fsp3) is 0.120. The van der Waals surface area contributed by atoms with Crippen LogP contribution in [-0.4, -0.2) is 25.7 Å². The van der Waals surface area contributed by atoms with Crippen molar-refractivity contribution in [2.75, 3.05) is 24.1 Å². The quantitative estimate of drug-likeness (QED) is 0.616. The molecule has 0 atom stereocenters. The maximum Gasteiger partial charge on any atom is 0.282 e. The molecule has 0 aliphatic carbocycles. The Morgan fingerprint density at radius 3 is 2.41 bits per heavy atom. The molecule has 7 nitrogen and oxygen atoms in total. The predicted octanol–water partition coefficient (Wildman–Crippen LogP) is 4.13. The van der Waals surface area contributed by atoms with Gasteiger partial charge in [-0.25, -0.2) is 4.90 Å². The lowest BCUT2D eigenvalue weighted by molar-refractivity contribution is -0.120. The van der Waals surface area contributed by atoms with Gasteiger partial charge in [-0.05, 0) is 48.4 Å². The second-order valence-electron chi connectivity index (χ2n) is 7.40. The molecule has 0 radical (unpaired) electrons. The van der Waals surface area contributed by atoms with E-state index in [0.717, 1.165) is 5.56 Å². The molecule has 0 bridgehead atoms. The van der Waals surface area contributed by atoms with Gasteiger partial charge in [0.25, 0.3) is 11.8 Å². The number of nitrogens with zero attached hydrogens (tertiary/aromatic N) is 1. The maximum absolute atomic E-state index is 13.5. The van der Waals surface area contributed by atoms with Crippen molar-refractivity contribution >= 4 is 28.8 Å². The Morgan fingerprint density at radius 1 is 0.906 bits per heavy atom. The van der Waals surface area contributed by atoms with Gasteiger partial charge in [0.1, 0.15) is 11.4 Å². The van der Waals surface area contributed by atoms with E-state index in [9.17, 15) is 9.59 Å². The molecule has 1 N–H and O–H groups in total. The number of methoxy groups -OCH3 is 1. The number of imide groups is 1. The number of fused-ring (bicyclic) bond motifs is 1. The monoisotopic (exact) mass is 428 g/mol. The highest BCUT2D eigenvalue weighted by Gasteiger charge is 2.40. The first-order valence-electron chi connectivity index (χ1n) is 10.1. The number of carbonyl (C=O) groups is 2. The Bertz CT molecular complexity index is 1260. The minimum Gasteiger partial charge on any atom is -0.497 e. The van der Waals surface area contributed by atoms with Crippen LogP contribution in [0.3, 0.4) is 0 Å². The second kappa shape index (κ2) is 7.77. The van der Waals surface area contributed by atoms with Crippen LogP contribution in [0.15, 0.2) is 72.4 Å². The van der Waals surface area contributed by atoms with Crippen LogP contribution in [-0.2, 0) is 9.59 Å². The highest BCUT2D eigenvalue weighted by molar-refractivity contribution is 6.46. The van der Waals surface area contributed by atoms with E-state index in [1.165, 1.54) is 4.90 Å². The van der Waals surface area contributed by atoms with E-state index in [0.29, 0.717) is 39.8 Å². The summed E-state index contributed by atoms with van der Waals surface area (Å²) < 4.78 is 16.0. The topological polar surface area (TPSA) is 77.1 Å². The van der Waals surface area contributed by atoms with Crippen molar-refractivity contribution in [3.05, 3.63) is 83.6 Å². The summed E-state index contributed by atoms with van der Waals surface area (Å²) in [5.41, 5.74) is 3.09. The molecule has 0 saturated heterocycles. The number of hydrogen-bond donors (Lipinski definition) is 1. The molecule has 2 aliphatic rings. The first-order valence-corrected chi connectivity index (χ1v) is 10.1. The van der Waals surface area contributed by atoms with Gasteiger partial charge in [0.2, 0.25) is 6.79 Å². The summed E-state index contributed by atoms with van der Waals surface area (Å²) in [6.45, 7) is 2.02. The minimum atomic E-state index is -0.423. The number of carbonyl (C=O) groups excluding carboxylic acids is 2. The predicted molar refractivity (Wildman–Crippen MR) is 120 cm³/mol. The average Bonchev–Trinajstić information content (AvgIpc) is 3.37. The largest absolute Gasteiger partial charge is 0.497 e. The molecule has 7 heteroatoms. The van der Waals surface area contributed by atoms with E-state index in [1.807, 2.05) is 19.1 Å². The Morgan fingerprint density at radius 2 is 1.66 bits per heavy atom. The van der Waals surface area contributed by atoms with Crippen molar-refractivity contribution in [1.82, 2.24) is 0 Å². The van der Waals surface area contributed by atoms with Crippen LogP contribution >= 0.6 is 0 Å². The summed E-state index contributed by atoms with van der Waals surface area (Å²) in [6, 6.07) is 19.6. The van der Waals surface area contributed by atoms with Gasteiger partial charge in [0.15, 0.2) is 11.5 Å². The molecule has 3 aromatic rings. The molecule has 3 aromatic carbocycles. The summed E-state index contributed by atoms with van der Waals surface area (Å²) in [6.07, 6.45) is 0. The highest BCUT2D eigenvalue weighted by atomic mass is 16.7. The molecule has 2 heterocycles. The molecule has 0 fully saturated rings. The zero-order valence-corrected chi connectivity index (χ0v) is 17.5. The summed E-state index contributed by atoms with van der Waals surface area (Å²) in [7, 11) is 1.57. The van der Waals surface area contributed by atoms with Crippen molar-refractivity contribution in [3.63, 3.8) is 0 Å². The zero-order chi connectivity index (χ0) is 22.2. The van der Waals surface area contributed by atoms with Crippen LogP contribution in [0.25, 0.3) is 5.57 Å². The second-order valence-corrected chi connectivity index (χ2v) is 7.40. The number of para-hydroxylation sites is 1. The third-order valence-electron chi connectivity index (χ3n) is 5.46. The van der Waals surface area contributed by atoms with Crippen LogP contribution in [0.5, 0.6) is 17.2 Å². The number of nitrogens with one attached hydrogen (secondary N) is 1. The molecule has 0 unspecified atom stereocenters. The molecule has 5 rings (SSSR count). The number of rotatable bonds is 5. The number of hydrogen-bond acceptors (Lipinski definition) is 6. The Balaban J connectivity index is 1.60. The molecule has 2 amide bonds. The normalized spacial score (nSPS) is 14.9. The summed E-state index contributed by atoms with van der Waals surface area (Å²) in [4.78, 5) is 28.3. The third-order valence-corrected chi connectivity index (χ3v) is 5.46. The molecule has 160 valence electrons. The lowest BCUT2D eigenvalue weighted by atomic mass is 10.0. The fourth-order valence-corrected chi connectivity index (χ4v) is 3.82. The average molecular weight is 428 g/mol. The van der Waals surface area contributed by atoms with E-state index in [1.54, 1.807) is 61.7 Å². The summed E-state index contributed by atoms with van der Waals surface area (Å²) in [5, 5.41) is 3.15. The van der Waals surface area contributed by atoms with E-state index in [4.69, 9.17) is 14.2 Å². The highest BCUT2D eigenvalue weighted by Crippen LogP contribution is 2.38. The van der Waals surface area contributed by atoms with Crippen molar-refractivity contribution in [2.24, 2.45) is 0 Å². The van der Waals surface area contributed by atoms with Crippen LogP contribution in [0.2, 0.25) is 0 Å². The van der Waals surface area contributed by atoms with Gasteiger partial charge in [0, 0.05) is 11.8 Å². The number of ether oxygens (including phenoxy) is 3. The van der Waals surface area contributed by atoms with Gasteiger partial charge in [-0.3, -0.25) is 9.59 Å². The van der Waals surface area contributed by atoms with Gasteiger partial charge < -0.3 is 19.5 Å². The Hall–Kier alpha value is -4.26. The smallest absolute Gasteiger partial charge is 0.282 e. The number of amides is 2. The van der Waals surface area contributed by atoms with E-state index < -0.39 is 11.8 Å². The van der Waals surface area contributed by atoms with Gasteiger partial charge in [-0.15, -0.1) is 0 Å². The lowest BCUT2D eigenvalue weighted by Crippen LogP contribution is -2.33. The number of benzene rings is 3. The van der Waals surface area contributed by atoms with E-state index in [-0.39, 0.29) is 12.5 Å². The molecule has 0 saturated carbocycles. The SMILES string of the molecule is COc1ccc(C2=C(Nc3ccc4c(c3)OCO4)C(=O)N(c3ccccc3C)C2=O)cc1. The number of aryl methyl sites for hydroxylation is 1. The molecular formula is C25H20N2O5. The van der Waals surface area contributed by atoms with E-state index >= 15 is 0 Å². The molecular weight excluding hydrogens is 408 g/mol. The van der Waals surface area contributed by atoms with Crippen molar-refractivity contribution in [1.29, 1.82) is 0 Å². The fourth-order valence-electron chi connectivity index (χ4n) is 3.82. The standard InChI is InChI=1S/C25H20N2O5/c1-15-5-3-4-6-19(15)27-24(28)22(16-7-10-18(30-2)11-8-16)23(25(27)29)26-17-9-12-20-21(13-17)32-14-31-20/h3-13,26H,14H2,1-2H3. The summed E-state index contributed by atoms with van der Waals surface area (Å²) >= 11 is 0. The summed E-state index contributed by atoms with van der Waals surface area (Å²) in [5.74, 6) is 1.06. The van der Waals surface area contributed by atoms with Crippen LogP contribution in [0, 0.1) is 6.92 Å². The van der Waals surface area contributed by atoms with Gasteiger partial charge >= 0.3 is 0 Å². The van der Waals surface area contributed by atoms with E-state index in [2.05, 4.69) is 5.32 Å². The lowest BCUT2D eigenvalue weighted by Gasteiger charge is -2.17.